The Balaban J connectivity index is 2.19. The van der Waals surface area contributed by atoms with Gasteiger partial charge in [-0.05, 0) is 30.7 Å². The second-order valence-electron chi connectivity index (χ2n) is 5.36. The summed E-state index contributed by atoms with van der Waals surface area (Å²) in [6, 6.07) is 1.15. The van der Waals surface area contributed by atoms with Gasteiger partial charge in [-0.1, -0.05) is 0 Å². The van der Waals surface area contributed by atoms with Crippen molar-refractivity contribution in [1.29, 1.82) is 0 Å². The Morgan fingerprint density at radius 2 is 1.85 bits per heavy atom. The summed E-state index contributed by atoms with van der Waals surface area (Å²) in [5, 5.41) is 0.252. The van der Waals surface area contributed by atoms with E-state index in [0.29, 0.717) is 17.9 Å². The number of aromatic nitrogens is 2. The van der Waals surface area contributed by atoms with Crippen molar-refractivity contribution in [2.45, 2.75) is 13.5 Å². The zero-order chi connectivity index (χ0) is 19.0. The Bertz CT molecular complexity index is 856. The highest BCUT2D eigenvalue weighted by atomic mass is 35.5. The van der Waals surface area contributed by atoms with Crippen LogP contribution in [0.3, 0.4) is 0 Å². The SMILES string of the molecule is CCN1C(=S)N(c2c(F)c(OC)cc(OC)c2F)Cc2cnc(Cl)nc21. The van der Waals surface area contributed by atoms with Crippen LogP contribution in [0.15, 0.2) is 12.3 Å². The first-order chi connectivity index (χ1) is 12.4. The molecule has 1 aliphatic rings. The van der Waals surface area contributed by atoms with Crippen LogP contribution in [-0.4, -0.2) is 35.8 Å². The van der Waals surface area contributed by atoms with Gasteiger partial charge in [-0.15, -0.1) is 0 Å². The minimum atomic E-state index is -0.873. The van der Waals surface area contributed by atoms with Gasteiger partial charge in [0.25, 0.3) is 0 Å². The summed E-state index contributed by atoms with van der Waals surface area (Å²) in [5.74, 6) is -1.53. The molecule has 0 N–H and O–H groups in total. The molecule has 2 aromatic rings. The highest BCUT2D eigenvalue weighted by Crippen LogP contribution is 2.40. The number of thiocarbonyl (C=S) groups is 1. The molecule has 1 aromatic carbocycles. The number of halogens is 3. The normalized spacial score (nSPS) is 13.7. The molecule has 0 spiro atoms. The fourth-order valence-electron chi connectivity index (χ4n) is 2.77. The molecule has 0 radical (unpaired) electrons. The molecule has 10 heteroatoms. The number of nitrogens with zero attached hydrogens (tertiary/aromatic N) is 4. The number of hydrogen-bond acceptors (Lipinski definition) is 5. The van der Waals surface area contributed by atoms with Crippen molar-refractivity contribution in [3.05, 3.63) is 34.7 Å². The lowest BCUT2D eigenvalue weighted by molar-refractivity contribution is 0.359. The first-order valence-corrected chi connectivity index (χ1v) is 8.41. The van der Waals surface area contributed by atoms with E-state index in [0.717, 1.165) is 6.07 Å². The molecule has 0 aliphatic carbocycles. The second-order valence-corrected chi connectivity index (χ2v) is 6.06. The topological polar surface area (TPSA) is 50.7 Å². The largest absolute Gasteiger partial charge is 0.493 e. The van der Waals surface area contributed by atoms with Crippen LogP contribution in [0.1, 0.15) is 12.5 Å². The Kier molecular flexibility index (Phi) is 5.10. The summed E-state index contributed by atoms with van der Waals surface area (Å²) < 4.78 is 39.8. The lowest BCUT2D eigenvalue weighted by Crippen LogP contribution is -2.48. The summed E-state index contributed by atoms with van der Waals surface area (Å²) in [5.41, 5.74) is 0.274. The molecular weight excluding hydrogens is 386 g/mol. The molecule has 26 heavy (non-hydrogen) atoms. The van der Waals surface area contributed by atoms with Crippen LogP contribution in [0.4, 0.5) is 20.3 Å². The standard InChI is InChI=1S/C16H15ClF2N4O2S/c1-4-22-14-8(6-20-15(17)21-14)7-23(16(22)26)13-11(18)9(24-2)5-10(25-3)12(13)19/h5-6H,4,7H2,1-3H3. The highest BCUT2D eigenvalue weighted by molar-refractivity contribution is 7.80. The molecule has 6 nitrogen and oxygen atoms in total. The van der Waals surface area contributed by atoms with Gasteiger partial charge in [0.05, 0.1) is 20.8 Å². The number of hydrogen-bond donors (Lipinski definition) is 0. The third kappa shape index (κ3) is 2.90. The molecule has 138 valence electrons. The molecule has 2 heterocycles. The van der Waals surface area contributed by atoms with Crippen molar-refractivity contribution < 1.29 is 18.3 Å². The molecule has 0 saturated heterocycles. The third-order valence-corrected chi connectivity index (χ3v) is 4.62. The summed E-state index contributed by atoms with van der Waals surface area (Å²) in [4.78, 5) is 11.1. The summed E-state index contributed by atoms with van der Waals surface area (Å²) in [6.07, 6.45) is 1.51. The van der Waals surface area contributed by atoms with E-state index in [1.54, 1.807) is 4.90 Å². The number of anilines is 2. The maximum Gasteiger partial charge on any atom is 0.224 e. The van der Waals surface area contributed by atoms with Crippen LogP contribution >= 0.6 is 23.8 Å². The van der Waals surface area contributed by atoms with E-state index in [4.69, 9.17) is 33.3 Å². The first-order valence-electron chi connectivity index (χ1n) is 7.63. The number of rotatable bonds is 4. The van der Waals surface area contributed by atoms with Crippen molar-refractivity contribution >= 4 is 40.4 Å². The second kappa shape index (κ2) is 7.16. The van der Waals surface area contributed by atoms with Crippen LogP contribution in [0.5, 0.6) is 11.5 Å². The molecule has 1 aromatic heterocycles. The van der Waals surface area contributed by atoms with E-state index < -0.39 is 11.6 Å². The number of fused-ring (bicyclic) bond motifs is 1. The molecule has 0 bridgehead atoms. The van der Waals surface area contributed by atoms with Gasteiger partial charge in [0.1, 0.15) is 11.5 Å². The van der Waals surface area contributed by atoms with Gasteiger partial charge < -0.3 is 19.3 Å². The van der Waals surface area contributed by atoms with Gasteiger partial charge in [0.15, 0.2) is 28.2 Å². The molecule has 0 atom stereocenters. The Morgan fingerprint density at radius 1 is 1.23 bits per heavy atom. The van der Waals surface area contributed by atoms with Gasteiger partial charge >= 0.3 is 0 Å². The van der Waals surface area contributed by atoms with E-state index in [1.165, 1.54) is 25.3 Å². The number of benzene rings is 1. The van der Waals surface area contributed by atoms with Gasteiger partial charge in [-0.2, -0.15) is 4.98 Å². The molecular formula is C16H15ClF2N4O2S. The molecule has 0 unspecified atom stereocenters. The smallest absolute Gasteiger partial charge is 0.224 e. The molecule has 1 aliphatic heterocycles. The Labute approximate surface area is 159 Å². The van der Waals surface area contributed by atoms with Crippen molar-refractivity contribution in [1.82, 2.24) is 9.97 Å². The fourth-order valence-corrected chi connectivity index (χ4v) is 3.27. The number of ether oxygens (including phenoxy) is 2. The van der Waals surface area contributed by atoms with Crippen LogP contribution in [0.2, 0.25) is 5.28 Å². The van der Waals surface area contributed by atoms with Crippen LogP contribution in [0.25, 0.3) is 0 Å². The predicted octanol–water partition coefficient (Wildman–Crippen LogP) is 3.56. The summed E-state index contributed by atoms with van der Waals surface area (Å²) in [6.45, 7) is 2.35. The average molecular weight is 401 g/mol. The quantitative estimate of drug-likeness (QED) is 0.574. The van der Waals surface area contributed by atoms with Crippen molar-refractivity contribution in [2.75, 3.05) is 30.6 Å². The molecule has 0 fully saturated rings. The van der Waals surface area contributed by atoms with Gasteiger partial charge in [0.2, 0.25) is 5.28 Å². The van der Waals surface area contributed by atoms with E-state index in [-0.39, 0.29) is 34.1 Å². The minimum Gasteiger partial charge on any atom is -0.493 e. The van der Waals surface area contributed by atoms with Crippen molar-refractivity contribution in [2.24, 2.45) is 0 Å². The minimum absolute atomic E-state index is 0.0684. The highest BCUT2D eigenvalue weighted by Gasteiger charge is 2.34. The zero-order valence-corrected chi connectivity index (χ0v) is 15.8. The first kappa shape index (κ1) is 18.5. The van der Waals surface area contributed by atoms with Gasteiger partial charge in [0, 0.05) is 24.4 Å². The zero-order valence-electron chi connectivity index (χ0n) is 14.2. The van der Waals surface area contributed by atoms with Crippen molar-refractivity contribution in [3.8, 4) is 11.5 Å². The number of methoxy groups -OCH3 is 2. The maximum absolute atomic E-state index is 14.9. The van der Waals surface area contributed by atoms with E-state index in [2.05, 4.69) is 9.97 Å². The predicted molar refractivity (Wildman–Crippen MR) is 98.3 cm³/mol. The molecule has 3 rings (SSSR count). The molecule has 0 amide bonds. The maximum atomic E-state index is 14.9. The lowest BCUT2D eigenvalue weighted by Gasteiger charge is -2.38. The fraction of sp³-hybridized carbons (Fsp3) is 0.312. The van der Waals surface area contributed by atoms with E-state index >= 15 is 0 Å². The average Bonchev–Trinajstić information content (AvgIpc) is 2.63. The van der Waals surface area contributed by atoms with Gasteiger partial charge in [-0.25, -0.2) is 13.8 Å². The molecule has 0 saturated carbocycles. The van der Waals surface area contributed by atoms with Crippen LogP contribution < -0.4 is 19.3 Å². The Hall–Kier alpha value is -2.26. The Morgan fingerprint density at radius 3 is 2.38 bits per heavy atom. The van der Waals surface area contributed by atoms with E-state index in [1.807, 2.05) is 6.92 Å². The summed E-state index contributed by atoms with van der Waals surface area (Å²) >= 11 is 11.3. The monoisotopic (exact) mass is 400 g/mol. The van der Waals surface area contributed by atoms with Crippen LogP contribution in [0, 0.1) is 11.6 Å². The van der Waals surface area contributed by atoms with Crippen molar-refractivity contribution in [3.63, 3.8) is 0 Å². The third-order valence-electron chi connectivity index (χ3n) is 3.99. The lowest BCUT2D eigenvalue weighted by atomic mass is 10.1. The summed E-state index contributed by atoms with van der Waals surface area (Å²) in [7, 11) is 2.58. The van der Waals surface area contributed by atoms with E-state index in [9.17, 15) is 8.78 Å². The van der Waals surface area contributed by atoms with Gasteiger partial charge in [-0.3, -0.25) is 0 Å². The van der Waals surface area contributed by atoms with Crippen LogP contribution in [-0.2, 0) is 6.54 Å².